The number of ether oxygens (including phenoxy) is 2. The van der Waals surface area contributed by atoms with Crippen LogP contribution in [0.4, 0.5) is 5.69 Å². The van der Waals surface area contributed by atoms with Gasteiger partial charge in [0.2, 0.25) is 10.0 Å². The van der Waals surface area contributed by atoms with Gasteiger partial charge in [0.1, 0.15) is 10.6 Å². The molecule has 0 aromatic heterocycles. The van der Waals surface area contributed by atoms with Crippen LogP contribution in [0.5, 0.6) is 5.75 Å². The molecule has 2 rings (SSSR count). The molecule has 1 aliphatic carbocycles. The third-order valence-corrected chi connectivity index (χ3v) is 5.05. The number of hydrogen-bond donors (Lipinski definition) is 2. The van der Waals surface area contributed by atoms with Crippen LogP contribution in [-0.4, -0.2) is 34.8 Å². The Morgan fingerprint density at radius 2 is 2.05 bits per heavy atom. The van der Waals surface area contributed by atoms with E-state index in [0.29, 0.717) is 5.69 Å². The Balaban J connectivity index is 2.28. The molecule has 1 aliphatic rings. The summed E-state index contributed by atoms with van der Waals surface area (Å²) in [7, 11) is -0.663. The fraction of sp³-hybridized carbons (Fsp3) is 0.538. The Labute approximate surface area is 119 Å². The molecule has 112 valence electrons. The number of sulfonamides is 1. The second-order valence-corrected chi connectivity index (χ2v) is 6.53. The van der Waals surface area contributed by atoms with Crippen LogP contribution in [0.2, 0.25) is 0 Å². The van der Waals surface area contributed by atoms with Crippen molar-refractivity contribution in [3.8, 4) is 5.75 Å². The van der Waals surface area contributed by atoms with Gasteiger partial charge in [0.25, 0.3) is 0 Å². The van der Waals surface area contributed by atoms with Gasteiger partial charge in [0, 0.05) is 18.8 Å². The fourth-order valence-corrected chi connectivity index (χ4v) is 4.01. The third kappa shape index (κ3) is 3.05. The molecule has 0 spiro atoms. The quantitative estimate of drug-likeness (QED) is 0.795. The van der Waals surface area contributed by atoms with E-state index in [2.05, 4.69) is 4.72 Å². The topological polar surface area (TPSA) is 90.7 Å². The van der Waals surface area contributed by atoms with Gasteiger partial charge in [-0.25, -0.2) is 13.1 Å². The highest BCUT2D eigenvalue weighted by Crippen LogP contribution is 2.28. The summed E-state index contributed by atoms with van der Waals surface area (Å²) in [5.41, 5.74) is 6.04. The maximum Gasteiger partial charge on any atom is 0.244 e. The van der Waals surface area contributed by atoms with Crippen LogP contribution in [-0.2, 0) is 14.8 Å². The molecule has 7 heteroatoms. The molecule has 1 fully saturated rings. The number of nitrogens with two attached hydrogens (primary N) is 1. The molecule has 2 unspecified atom stereocenters. The highest BCUT2D eigenvalue weighted by molar-refractivity contribution is 7.89. The number of nitrogens with one attached hydrogen (secondary N) is 1. The standard InChI is InChI=1S/C13H20N2O4S/c1-18-11-5-3-4-10(11)15-20(16,17)13-8-9(14)6-7-12(13)19-2/h6-8,10-11,15H,3-5,14H2,1-2H3. The monoisotopic (exact) mass is 300 g/mol. The first-order valence-electron chi connectivity index (χ1n) is 6.46. The van der Waals surface area contributed by atoms with E-state index in [-0.39, 0.29) is 22.8 Å². The zero-order valence-electron chi connectivity index (χ0n) is 11.6. The van der Waals surface area contributed by atoms with Gasteiger partial charge in [-0.3, -0.25) is 0 Å². The first kappa shape index (κ1) is 15.1. The van der Waals surface area contributed by atoms with Crippen molar-refractivity contribution >= 4 is 15.7 Å². The van der Waals surface area contributed by atoms with E-state index < -0.39 is 10.0 Å². The molecular weight excluding hydrogens is 280 g/mol. The Hall–Kier alpha value is -1.31. The molecule has 1 saturated carbocycles. The van der Waals surface area contributed by atoms with Crippen LogP contribution in [0.15, 0.2) is 23.1 Å². The normalized spacial score (nSPS) is 22.9. The Morgan fingerprint density at radius 1 is 1.30 bits per heavy atom. The van der Waals surface area contributed by atoms with Crippen LogP contribution in [0.25, 0.3) is 0 Å². The lowest BCUT2D eigenvalue weighted by atomic mass is 10.2. The van der Waals surface area contributed by atoms with E-state index in [4.69, 9.17) is 15.2 Å². The molecule has 1 aromatic rings. The molecule has 2 atom stereocenters. The summed E-state index contributed by atoms with van der Waals surface area (Å²) in [5, 5.41) is 0. The maximum atomic E-state index is 12.5. The molecule has 0 aliphatic heterocycles. The Kier molecular flexibility index (Phi) is 4.52. The Bertz CT molecular complexity index is 574. The number of anilines is 1. The smallest absolute Gasteiger partial charge is 0.244 e. The van der Waals surface area contributed by atoms with Gasteiger partial charge in [0.15, 0.2) is 0 Å². The van der Waals surface area contributed by atoms with Gasteiger partial charge in [-0.2, -0.15) is 0 Å². The number of nitrogen functional groups attached to an aromatic ring is 1. The summed E-state index contributed by atoms with van der Waals surface area (Å²) in [5.74, 6) is 0.277. The van der Waals surface area contributed by atoms with Crippen molar-refractivity contribution in [1.29, 1.82) is 0 Å². The van der Waals surface area contributed by atoms with Crippen molar-refractivity contribution in [2.45, 2.75) is 36.3 Å². The van der Waals surface area contributed by atoms with E-state index in [9.17, 15) is 8.42 Å². The van der Waals surface area contributed by atoms with Crippen LogP contribution in [0.3, 0.4) is 0 Å². The molecule has 20 heavy (non-hydrogen) atoms. The van der Waals surface area contributed by atoms with Crippen molar-refractivity contribution in [2.75, 3.05) is 20.0 Å². The number of benzene rings is 1. The molecule has 6 nitrogen and oxygen atoms in total. The highest BCUT2D eigenvalue weighted by Gasteiger charge is 2.32. The van der Waals surface area contributed by atoms with Crippen LogP contribution >= 0.6 is 0 Å². The second-order valence-electron chi connectivity index (χ2n) is 4.84. The summed E-state index contributed by atoms with van der Waals surface area (Å²) in [6.07, 6.45) is 2.48. The lowest BCUT2D eigenvalue weighted by Gasteiger charge is -2.20. The van der Waals surface area contributed by atoms with Crippen molar-refractivity contribution < 1.29 is 17.9 Å². The molecule has 0 heterocycles. The van der Waals surface area contributed by atoms with Gasteiger partial charge in [-0.1, -0.05) is 0 Å². The van der Waals surface area contributed by atoms with E-state index >= 15 is 0 Å². The van der Waals surface area contributed by atoms with Crippen LogP contribution in [0, 0.1) is 0 Å². The molecular formula is C13H20N2O4S. The predicted molar refractivity (Wildman–Crippen MR) is 76.2 cm³/mol. The average molecular weight is 300 g/mol. The van der Waals surface area contributed by atoms with Gasteiger partial charge in [-0.05, 0) is 37.5 Å². The van der Waals surface area contributed by atoms with Crippen molar-refractivity contribution in [3.05, 3.63) is 18.2 Å². The molecule has 0 radical (unpaired) electrons. The zero-order valence-corrected chi connectivity index (χ0v) is 12.4. The average Bonchev–Trinajstić information content (AvgIpc) is 2.85. The first-order valence-corrected chi connectivity index (χ1v) is 7.95. The van der Waals surface area contributed by atoms with Crippen molar-refractivity contribution in [1.82, 2.24) is 4.72 Å². The summed E-state index contributed by atoms with van der Waals surface area (Å²) in [4.78, 5) is 0.0572. The summed E-state index contributed by atoms with van der Waals surface area (Å²) < 4.78 is 38.0. The Morgan fingerprint density at radius 3 is 2.70 bits per heavy atom. The van der Waals surface area contributed by atoms with E-state index in [1.165, 1.54) is 13.2 Å². The molecule has 1 aromatic carbocycles. The minimum Gasteiger partial charge on any atom is -0.495 e. The van der Waals surface area contributed by atoms with E-state index in [0.717, 1.165) is 19.3 Å². The number of rotatable bonds is 5. The third-order valence-electron chi connectivity index (χ3n) is 3.54. The predicted octanol–water partition coefficient (Wildman–Crippen LogP) is 1.12. The minimum absolute atomic E-state index is 0.0572. The zero-order chi connectivity index (χ0) is 14.8. The maximum absolute atomic E-state index is 12.5. The van der Waals surface area contributed by atoms with Crippen molar-refractivity contribution in [3.63, 3.8) is 0 Å². The molecule has 0 bridgehead atoms. The molecule has 3 N–H and O–H groups in total. The minimum atomic E-state index is -3.69. The van der Waals surface area contributed by atoms with Crippen LogP contribution in [0.1, 0.15) is 19.3 Å². The second kappa shape index (κ2) is 5.99. The lowest BCUT2D eigenvalue weighted by Crippen LogP contribution is -2.40. The van der Waals surface area contributed by atoms with Gasteiger partial charge < -0.3 is 15.2 Å². The van der Waals surface area contributed by atoms with Gasteiger partial charge in [-0.15, -0.1) is 0 Å². The lowest BCUT2D eigenvalue weighted by molar-refractivity contribution is 0.0916. The molecule has 0 amide bonds. The molecule has 0 saturated heterocycles. The summed E-state index contributed by atoms with van der Waals surface area (Å²) >= 11 is 0. The first-order chi connectivity index (χ1) is 9.47. The van der Waals surface area contributed by atoms with Gasteiger partial charge in [0.05, 0.1) is 13.2 Å². The number of hydrogen-bond acceptors (Lipinski definition) is 5. The SMILES string of the molecule is COc1ccc(N)cc1S(=O)(=O)NC1CCCC1OC. The van der Waals surface area contributed by atoms with Crippen molar-refractivity contribution in [2.24, 2.45) is 0 Å². The highest BCUT2D eigenvalue weighted by atomic mass is 32.2. The summed E-state index contributed by atoms with van der Waals surface area (Å²) in [6, 6.07) is 4.34. The number of methoxy groups -OCH3 is 2. The summed E-state index contributed by atoms with van der Waals surface area (Å²) in [6.45, 7) is 0. The van der Waals surface area contributed by atoms with E-state index in [1.807, 2.05) is 0 Å². The van der Waals surface area contributed by atoms with E-state index in [1.54, 1.807) is 19.2 Å². The van der Waals surface area contributed by atoms with Crippen LogP contribution < -0.4 is 15.2 Å². The van der Waals surface area contributed by atoms with Gasteiger partial charge >= 0.3 is 0 Å². The fourth-order valence-electron chi connectivity index (χ4n) is 2.51. The largest absolute Gasteiger partial charge is 0.495 e.